The van der Waals surface area contributed by atoms with Crippen molar-refractivity contribution >= 4 is 0 Å². The van der Waals surface area contributed by atoms with Crippen LogP contribution in [0.4, 0.5) is 0 Å². The Bertz CT molecular complexity index is 87.7. The van der Waals surface area contributed by atoms with Gasteiger partial charge in [0.05, 0.1) is 6.10 Å². The molecule has 0 aromatic carbocycles. The Labute approximate surface area is 69.6 Å². The van der Waals surface area contributed by atoms with E-state index in [1.54, 1.807) is 0 Å². The first-order valence-corrected chi connectivity index (χ1v) is 4.28. The summed E-state index contributed by atoms with van der Waals surface area (Å²) in [5.74, 6) is 0.639. The molecule has 0 aromatic heterocycles. The van der Waals surface area contributed by atoms with Crippen molar-refractivity contribution in [3.05, 3.63) is 0 Å². The first-order chi connectivity index (χ1) is 4.95. The second-order valence-corrected chi connectivity index (χ2v) is 3.72. The summed E-state index contributed by atoms with van der Waals surface area (Å²) < 4.78 is 5.33. The molecule has 2 atom stereocenters. The fraction of sp³-hybridized carbons (Fsp3) is 1.00. The molecule has 0 aliphatic carbocycles. The van der Waals surface area contributed by atoms with Crippen LogP contribution in [0.5, 0.6) is 0 Å². The number of hydrogen-bond donors (Lipinski definition) is 1. The quantitative estimate of drug-likeness (QED) is 0.637. The van der Waals surface area contributed by atoms with Gasteiger partial charge >= 0.3 is 0 Å². The van der Waals surface area contributed by atoms with Crippen LogP contribution < -0.4 is 0 Å². The minimum atomic E-state index is -0.618. The lowest BCUT2D eigenvalue weighted by molar-refractivity contribution is -0.164. The lowest BCUT2D eigenvalue weighted by Gasteiger charge is -2.23. The van der Waals surface area contributed by atoms with E-state index < -0.39 is 6.29 Å². The summed E-state index contributed by atoms with van der Waals surface area (Å²) in [5, 5.41) is 9.32. The molecule has 0 bridgehead atoms. The lowest BCUT2D eigenvalue weighted by Crippen LogP contribution is -2.27. The van der Waals surface area contributed by atoms with Crippen molar-refractivity contribution in [2.45, 2.75) is 47.0 Å². The van der Waals surface area contributed by atoms with Gasteiger partial charge in [-0.25, -0.2) is 0 Å². The lowest BCUT2D eigenvalue weighted by atomic mass is 10.1. The zero-order valence-corrected chi connectivity index (χ0v) is 8.16. The largest absolute Gasteiger partial charge is 0.368 e. The summed E-state index contributed by atoms with van der Waals surface area (Å²) >= 11 is 0. The normalized spacial score (nSPS) is 17.5. The van der Waals surface area contributed by atoms with E-state index in [2.05, 4.69) is 13.8 Å². The highest BCUT2D eigenvalue weighted by Crippen LogP contribution is 2.11. The molecule has 0 amide bonds. The van der Waals surface area contributed by atoms with E-state index in [1.165, 1.54) is 0 Å². The van der Waals surface area contributed by atoms with Gasteiger partial charge in [0.25, 0.3) is 0 Å². The van der Waals surface area contributed by atoms with Crippen LogP contribution in [0.25, 0.3) is 0 Å². The number of aliphatic hydroxyl groups is 1. The molecular formula is C9H20O2. The molecule has 0 heterocycles. The van der Waals surface area contributed by atoms with Gasteiger partial charge in [-0.05, 0) is 12.8 Å². The van der Waals surface area contributed by atoms with Crippen LogP contribution in [0.1, 0.15) is 34.6 Å². The zero-order valence-electron chi connectivity index (χ0n) is 8.16. The van der Waals surface area contributed by atoms with Gasteiger partial charge < -0.3 is 9.84 Å². The Kier molecular flexibility index (Phi) is 4.69. The van der Waals surface area contributed by atoms with Crippen LogP contribution in [0.3, 0.4) is 0 Å². The smallest absolute Gasteiger partial charge is 0.157 e. The van der Waals surface area contributed by atoms with Crippen molar-refractivity contribution in [3.63, 3.8) is 0 Å². The monoisotopic (exact) mass is 160 g/mol. The predicted molar refractivity (Wildman–Crippen MR) is 46.2 cm³/mol. The van der Waals surface area contributed by atoms with Crippen molar-refractivity contribution in [2.24, 2.45) is 11.8 Å². The molecule has 68 valence electrons. The second kappa shape index (κ2) is 4.73. The van der Waals surface area contributed by atoms with Gasteiger partial charge in [-0.3, -0.25) is 0 Å². The van der Waals surface area contributed by atoms with Gasteiger partial charge in [0.15, 0.2) is 6.29 Å². The first kappa shape index (κ1) is 10.9. The Morgan fingerprint density at radius 3 is 1.64 bits per heavy atom. The molecule has 0 aliphatic rings. The fourth-order valence-corrected chi connectivity index (χ4v) is 0.534. The van der Waals surface area contributed by atoms with Gasteiger partial charge in [-0.2, -0.15) is 0 Å². The maximum Gasteiger partial charge on any atom is 0.157 e. The summed E-state index contributed by atoms with van der Waals surface area (Å²) in [7, 11) is 0. The number of hydrogen-bond acceptors (Lipinski definition) is 2. The summed E-state index contributed by atoms with van der Waals surface area (Å²) in [6.45, 7) is 10.0. The van der Waals surface area contributed by atoms with Crippen LogP contribution in [0, 0.1) is 11.8 Å². The molecule has 0 aliphatic heterocycles. The highest BCUT2D eigenvalue weighted by Gasteiger charge is 2.15. The minimum absolute atomic E-state index is 0.132. The molecule has 2 heteroatoms. The Balaban J connectivity index is 3.66. The van der Waals surface area contributed by atoms with Crippen LogP contribution >= 0.6 is 0 Å². The zero-order chi connectivity index (χ0) is 9.02. The molecule has 0 aromatic rings. The molecule has 0 radical (unpaired) electrons. The van der Waals surface area contributed by atoms with E-state index in [0.29, 0.717) is 5.92 Å². The van der Waals surface area contributed by atoms with Crippen molar-refractivity contribution in [1.82, 2.24) is 0 Å². The number of ether oxygens (including phenoxy) is 1. The van der Waals surface area contributed by atoms with E-state index in [4.69, 9.17) is 4.74 Å². The van der Waals surface area contributed by atoms with Crippen molar-refractivity contribution < 1.29 is 9.84 Å². The van der Waals surface area contributed by atoms with E-state index in [-0.39, 0.29) is 12.0 Å². The highest BCUT2D eigenvalue weighted by atomic mass is 16.6. The standard InChI is InChI=1S/C9H20O2/c1-6(2)8(5)11-9(10)7(3)4/h6-10H,1-5H3. The molecule has 2 unspecified atom stereocenters. The highest BCUT2D eigenvalue weighted by molar-refractivity contribution is 4.57. The van der Waals surface area contributed by atoms with Crippen molar-refractivity contribution in [2.75, 3.05) is 0 Å². The summed E-state index contributed by atoms with van der Waals surface area (Å²) in [6, 6.07) is 0. The first-order valence-electron chi connectivity index (χ1n) is 4.28. The van der Waals surface area contributed by atoms with Gasteiger partial charge in [0.2, 0.25) is 0 Å². The third kappa shape index (κ3) is 4.38. The third-order valence-corrected chi connectivity index (χ3v) is 1.86. The molecule has 0 spiro atoms. The molecule has 0 fully saturated rings. The molecule has 11 heavy (non-hydrogen) atoms. The van der Waals surface area contributed by atoms with Crippen molar-refractivity contribution in [1.29, 1.82) is 0 Å². The Morgan fingerprint density at radius 2 is 1.36 bits per heavy atom. The topological polar surface area (TPSA) is 29.5 Å². The van der Waals surface area contributed by atoms with Gasteiger partial charge in [-0.15, -0.1) is 0 Å². The Hall–Kier alpha value is -0.0800. The molecule has 0 rings (SSSR count). The number of aliphatic hydroxyl groups excluding tert-OH is 1. The van der Waals surface area contributed by atoms with Gasteiger partial charge in [-0.1, -0.05) is 27.7 Å². The average Bonchev–Trinajstić information content (AvgIpc) is 1.87. The molecular weight excluding hydrogens is 140 g/mol. The van der Waals surface area contributed by atoms with E-state index in [1.807, 2.05) is 20.8 Å². The third-order valence-electron chi connectivity index (χ3n) is 1.86. The fourth-order valence-electron chi connectivity index (χ4n) is 0.534. The Morgan fingerprint density at radius 1 is 0.909 bits per heavy atom. The molecule has 1 N–H and O–H groups in total. The number of rotatable bonds is 4. The van der Waals surface area contributed by atoms with Gasteiger partial charge in [0.1, 0.15) is 0 Å². The van der Waals surface area contributed by atoms with Gasteiger partial charge in [0, 0.05) is 5.92 Å². The van der Waals surface area contributed by atoms with E-state index >= 15 is 0 Å². The summed E-state index contributed by atoms with van der Waals surface area (Å²) in [4.78, 5) is 0. The SMILES string of the molecule is CC(C)C(C)OC(O)C(C)C. The van der Waals surface area contributed by atoms with Crippen LogP contribution in [-0.4, -0.2) is 17.5 Å². The predicted octanol–water partition coefficient (Wildman–Crippen LogP) is 2.02. The van der Waals surface area contributed by atoms with Crippen LogP contribution in [0.2, 0.25) is 0 Å². The molecule has 2 nitrogen and oxygen atoms in total. The summed E-state index contributed by atoms with van der Waals surface area (Å²) in [6.07, 6.45) is -0.486. The maximum absolute atomic E-state index is 9.32. The van der Waals surface area contributed by atoms with Crippen LogP contribution in [-0.2, 0) is 4.74 Å². The van der Waals surface area contributed by atoms with Crippen LogP contribution in [0.15, 0.2) is 0 Å². The molecule has 0 saturated heterocycles. The maximum atomic E-state index is 9.32. The van der Waals surface area contributed by atoms with E-state index in [0.717, 1.165) is 0 Å². The second-order valence-electron chi connectivity index (χ2n) is 3.72. The minimum Gasteiger partial charge on any atom is -0.368 e. The molecule has 0 saturated carbocycles. The average molecular weight is 160 g/mol. The van der Waals surface area contributed by atoms with E-state index in [9.17, 15) is 5.11 Å². The van der Waals surface area contributed by atoms with Crippen molar-refractivity contribution in [3.8, 4) is 0 Å². The summed E-state index contributed by atoms with van der Waals surface area (Å²) in [5.41, 5.74) is 0.